The molecule has 1 aliphatic rings. The van der Waals surface area contributed by atoms with Gasteiger partial charge in [0.15, 0.2) is 9.84 Å². The zero-order valence-corrected chi connectivity index (χ0v) is 11.3. The minimum Gasteiger partial charge on any atom is -0.348 e. The van der Waals surface area contributed by atoms with Crippen LogP contribution in [-0.2, 0) is 9.84 Å². The monoisotopic (exact) mass is 318 g/mol. The molecular weight excluding hydrogens is 308 g/mol. The van der Waals surface area contributed by atoms with Crippen LogP contribution in [0.15, 0.2) is 22.9 Å². The first kappa shape index (κ1) is 12.5. The number of nitrogens with one attached hydrogen (secondary N) is 1. The largest absolute Gasteiger partial charge is 0.348 e. The molecule has 1 amide bonds. The number of sulfone groups is 1. The molecule has 5 nitrogen and oxygen atoms in total. The third kappa shape index (κ3) is 3.26. The van der Waals surface area contributed by atoms with Crippen molar-refractivity contribution in [3.05, 3.63) is 28.5 Å². The van der Waals surface area contributed by atoms with Gasteiger partial charge in [-0.05, 0) is 28.4 Å². The second-order valence-corrected chi connectivity index (χ2v) is 7.11. The number of aromatic nitrogens is 1. The van der Waals surface area contributed by atoms with Crippen LogP contribution in [0.25, 0.3) is 0 Å². The quantitative estimate of drug-likeness (QED) is 0.873. The molecule has 2 heterocycles. The number of halogens is 1. The van der Waals surface area contributed by atoms with Crippen LogP contribution in [-0.4, -0.2) is 36.9 Å². The SMILES string of the molecule is O=C(N[C@H]1CCS(=O)(=O)C1)c1cncc(Br)c1. The zero-order valence-electron chi connectivity index (χ0n) is 8.89. The molecule has 0 aromatic carbocycles. The summed E-state index contributed by atoms with van der Waals surface area (Å²) in [4.78, 5) is 15.7. The normalized spacial score (nSPS) is 22.3. The van der Waals surface area contributed by atoms with Gasteiger partial charge in [-0.25, -0.2) is 8.42 Å². The number of carbonyl (C=O) groups excluding carboxylic acids is 1. The Morgan fingerprint density at radius 2 is 2.24 bits per heavy atom. The van der Waals surface area contributed by atoms with Gasteiger partial charge in [0.05, 0.1) is 17.1 Å². The van der Waals surface area contributed by atoms with Crippen molar-refractivity contribution >= 4 is 31.7 Å². The van der Waals surface area contributed by atoms with E-state index in [9.17, 15) is 13.2 Å². The highest BCUT2D eigenvalue weighted by atomic mass is 79.9. The van der Waals surface area contributed by atoms with Gasteiger partial charge >= 0.3 is 0 Å². The lowest BCUT2D eigenvalue weighted by atomic mass is 10.2. The molecule has 7 heteroatoms. The van der Waals surface area contributed by atoms with Gasteiger partial charge in [-0.2, -0.15) is 0 Å². The van der Waals surface area contributed by atoms with Gasteiger partial charge in [0.2, 0.25) is 0 Å². The molecule has 0 radical (unpaired) electrons. The molecule has 0 aliphatic carbocycles. The van der Waals surface area contributed by atoms with Crippen LogP contribution < -0.4 is 5.32 Å². The van der Waals surface area contributed by atoms with Crippen molar-refractivity contribution in [2.45, 2.75) is 12.5 Å². The summed E-state index contributed by atoms with van der Waals surface area (Å²) in [6.45, 7) is 0. The van der Waals surface area contributed by atoms with Gasteiger partial charge in [0.25, 0.3) is 5.91 Å². The lowest BCUT2D eigenvalue weighted by Gasteiger charge is -2.10. The Labute approximate surface area is 108 Å². The average molecular weight is 319 g/mol. The second-order valence-electron chi connectivity index (χ2n) is 3.97. The molecule has 1 atom stereocenters. The fraction of sp³-hybridized carbons (Fsp3) is 0.400. The number of pyridine rings is 1. The van der Waals surface area contributed by atoms with E-state index in [-0.39, 0.29) is 23.5 Å². The summed E-state index contributed by atoms with van der Waals surface area (Å²) < 4.78 is 23.2. The van der Waals surface area contributed by atoms with Crippen molar-refractivity contribution in [2.24, 2.45) is 0 Å². The number of hydrogen-bond acceptors (Lipinski definition) is 4. The molecule has 2 rings (SSSR count). The molecule has 0 spiro atoms. The van der Waals surface area contributed by atoms with Gasteiger partial charge in [-0.3, -0.25) is 9.78 Å². The van der Waals surface area contributed by atoms with Crippen LogP contribution in [0.3, 0.4) is 0 Å². The first-order chi connectivity index (χ1) is 7.96. The van der Waals surface area contributed by atoms with Crippen molar-refractivity contribution in [3.63, 3.8) is 0 Å². The number of nitrogens with zero attached hydrogens (tertiary/aromatic N) is 1. The second kappa shape index (κ2) is 4.73. The highest BCUT2D eigenvalue weighted by Gasteiger charge is 2.29. The maximum Gasteiger partial charge on any atom is 0.253 e. The van der Waals surface area contributed by atoms with Crippen LogP contribution in [0, 0.1) is 0 Å². The number of amides is 1. The van der Waals surface area contributed by atoms with E-state index in [0.29, 0.717) is 16.5 Å². The molecule has 1 aliphatic heterocycles. The Morgan fingerprint density at radius 1 is 1.47 bits per heavy atom. The van der Waals surface area contributed by atoms with E-state index in [4.69, 9.17) is 0 Å². The van der Waals surface area contributed by atoms with Crippen molar-refractivity contribution in [1.29, 1.82) is 0 Å². The fourth-order valence-electron chi connectivity index (χ4n) is 1.71. The van der Waals surface area contributed by atoms with E-state index in [1.54, 1.807) is 12.3 Å². The Kier molecular flexibility index (Phi) is 3.48. The van der Waals surface area contributed by atoms with Crippen molar-refractivity contribution in [1.82, 2.24) is 10.3 Å². The Morgan fingerprint density at radius 3 is 2.82 bits per heavy atom. The van der Waals surface area contributed by atoms with Crippen LogP contribution >= 0.6 is 15.9 Å². The smallest absolute Gasteiger partial charge is 0.253 e. The maximum atomic E-state index is 11.8. The number of rotatable bonds is 2. The number of carbonyl (C=O) groups is 1. The summed E-state index contributed by atoms with van der Waals surface area (Å²) >= 11 is 3.22. The molecule has 1 aromatic rings. The first-order valence-electron chi connectivity index (χ1n) is 5.08. The molecule has 0 bridgehead atoms. The zero-order chi connectivity index (χ0) is 12.5. The Bertz CT molecular complexity index is 544. The minimum absolute atomic E-state index is 0.0279. The highest BCUT2D eigenvalue weighted by molar-refractivity contribution is 9.10. The third-order valence-corrected chi connectivity index (χ3v) is 4.74. The van der Waals surface area contributed by atoms with E-state index in [2.05, 4.69) is 26.2 Å². The lowest BCUT2D eigenvalue weighted by molar-refractivity contribution is 0.0940. The first-order valence-corrected chi connectivity index (χ1v) is 7.69. The molecule has 0 saturated carbocycles. The van der Waals surface area contributed by atoms with Crippen LogP contribution in [0.4, 0.5) is 0 Å². The van der Waals surface area contributed by atoms with Gasteiger partial charge in [-0.15, -0.1) is 0 Å². The van der Waals surface area contributed by atoms with Crippen LogP contribution in [0.2, 0.25) is 0 Å². The molecule has 17 heavy (non-hydrogen) atoms. The highest BCUT2D eigenvalue weighted by Crippen LogP contribution is 2.13. The Balaban J connectivity index is 2.03. The fourth-order valence-corrected chi connectivity index (χ4v) is 3.75. The molecule has 1 fully saturated rings. The summed E-state index contributed by atoms with van der Waals surface area (Å²) in [7, 11) is -2.97. The molecule has 0 unspecified atom stereocenters. The summed E-state index contributed by atoms with van der Waals surface area (Å²) in [5, 5.41) is 2.70. The minimum atomic E-state index is -2.97. The standard InChI is InChI=1S/C10H11BrN2O3S/c11-8-3-7(4-12-5-8)10(14)13-9-1-2-17(15,16)6-9/h3-5,9H,1-2,6H2,(H,13,14)/t9-/m0/s1. The van der Waals surface area contributed by atoms with E-state index >= 15 is 0 Å². The summed E-state index contributed by atoms with van der Waals surface area (Å²) in [6, 6.07) is 1.36. The predicted octanol–water partition coefficient (Wildman–Crippen LogP) is 0.761. The Hall–Kier alpha value is -0.950. The number of hydrogen-bond donors (Lipinski definition) is 1. The van der Waals surface area contributed by atoms with Gasteiger partial charge in [-0.1, -0.05) is 0 Å². The van der Waals surface area contributed by atoms with Gasteiger partial charge in [0.1, 0.15) is 0 Å². The lowest BCUT2D eigenvalue weighted by Crippen LogP contribution is -2.35. The van der Waals surface area contributed by atoms with E-state index in [1.165, 1.54) is 6.20 Å². The van der Waals surface area contributed by atoms with E-state index < -0.39 is 9.84 Å². The molecule has 1 saturated heterocycles. The summed E-state index contributed by atoms with van der Waals surface area (Å²) in [5.41, 5.74) is 0.420. The van der Waals surface area contributed by atoms with Crippen molar-refractivity contribution in [3.8, 4) is 0 Å². The molecular formula is C10H11BrN2O3S. The van der Waals surface area contributed by atoms with E-state index in [1.807, 2.05) is 0 Å². The maximum absolute atomic E-state index is 11.8. The summed E-state index contributed by atoms with van der Waals surface area (Å²) in [6.07, 6.45) is 3.51. The van der Waals surface area contributed by atoms with Crippen molar-refractivity contribution < 1.29 is 13.2 Å². The van der Waals surface area contributed by atoms with E-state index in [0.717, 1.165) is 0 Å². The van der Waals surface area contributed by atoms with Crippen LogP contribution in [0.1, 0.15) is 16.8 Å². The predicted molar refractivity (Wildman–Crippen MR) is 66.5 cm³/mol. The van der Waals surface area contributed by atoms with Gasteiger partial charge in [0, 0.05) is 22.9 Å². The average Bonchev–Trinajstić information content (AvgIpc) is 2.58. The topological polar surface area (TPSA) is 76.1 Å². The third-order valence-electron chi connectivity index (χ3n) is 2.53. The molecule has 1 N–H and O–H groups in total. The molecule has 1 aromatic heterocycles. The van der Waals surface area contributed by atoms with Crippen LogP contribution in [0.5, 0.6) is 0 Å². The van der Waals surface area contributed by atoms with Crippen molar-refractivity contribution in [2.75, 3.05) is 11.5 Å². The summed E-state index contributed by atoms with van der Waals surface area (Å²) in [5.74, 6) is -0.115. The molecule has 92 valence electrons. The van der Waals surface area contributed by atoms with Gasteiger partial charge < -0.3 is 5.32 Å².